The van der Waals surface area contributed by atoms with Crippen LogP contribution in [-0.2, 0) is 19.6 Å². The number of morpholine rings is 1. The minimum Gasteiger partial charge on any atom is -0.378 e. The van der Waals surface area contributed by atoms with Gasteiger partial charge in [-0.25, -0.2) is 8.42 Å². The maximum absolute atomic E-state index is 13.5. The fourth-order valence-corrected chi connectivity index (χ4v) is 5.46. The summed E-state index contributed by atoms with van der Waals surface area (Å²) in [5.41, 5.74) is 0.786. The number of rotatable bonds is 7. The number of amides is 2. The van der Waals surface area contributed by atoms with E-state index in [-0.39, 0.29) is 21.5 Å². The number of hydrogen-bond acceptors (Lipinski definition) is 5. The van der Waals surface area contributed by atoms with Crippen LogP contribution in [-0.4, -0.2) is 58.0 Å². The van der Waals surface area contributed by atoms with E-state index in [0.29, 0.717) is 37.6 Å². The normalized spacial score (nSPS) is 13.8. The highest BCUT2D eigenvalue weighted by atomic mass is 35.5. The molecule has 1 aliphatic rings. The van der Waals surface area contributed by atoms with E-state index in [0.717, 1.165) is 4.31 Å². The summed E-state index contributed by atoms with van der Waals surface area (Å²) in [4.78, 5) is 27.8. The fourth-order valence-electron chi connectivity index (χ4n) is 3.71. The molecule has 1 aliphatic heterocycles. The number of nitrogens with zero attached hydrogens (tertiary/aromatic N) is 2. The van der Waals surface area contributed by atoms with Crippen molar-refractivity contribution in [1.82, 2.24) is 4.90 Å². The average Bonchev–Trinajstić information content (AvgIpc) is 2.89. The summed E-state index contributed by atoms with van der Waals surface area (Å²) in [6, 6.07) is 20.8. The molecule has 0 aromatic heterocycles. The molecule has 0 spiro atoms. The smallest absolute Gasteiger partial charge is 0.264 e. The van der Waals surface area contributed by atoms with E-state index in [4.69, 9.17) is 16.3 Å². The first-order valence-electron chi connectivity index (χ1n) is 11.0. The number of ether oxygens (including phenoxy) is 1. The zero-order valence-corrected chi connectivity index (χ0v) is 20.3. The molecule has 1 saturated heterocycles. The highest BCUT2D eigenvalue weighted by molar-refractivity contribution is 7.92. The van der Waals surface area contributed by atoms with E-state index in [1.165, 1.54) is 18.2 Å². The number of halogens is 1. The van der Waals surface area contributed by atoms with E-state index >= 15 is 0 Å². The number of hydrogen-bond donors (Lipinski definition) is 1. The largest absolute Gasteiger partial charge is 0.378 e. The van der Waals surface area contributed by atoms with Crippen LogP contribution in [0.3, 0.4) is 0 Å². The van der Waals surface area contributed by atoms with E-state index in [1.54, 1.807) is 65.6 Å². The van der Waals surface area contributed by atoms with Gasteiger partial charge in [0.2, 0.25) is 5.91 Å². The Morgan fingerprint density at radius 1 is 0.914 bits per heavy atom. The summed E-state index contributed by atoms with van der Waals surface area (Å²) in [5, 5.41) is 2.89. The molecule has 0 aliphatic carbocycles. The lowest BCUT2D eigenvalue weighted by atomic mass is 10.1. The first-order valence-corrected chi connectivity index (χ1v) is 12.8. The molecule has 182 valence electrons. The summed E-state index contributed by atoms with van der Waals surface area (Å²) in [7, 11) is -4.11. The lowest BCUT2D eigenvalue weighted by molar-refractivity contribution is -0.114. The van der Waals surface area contributed by atoms with Gasteiger partial charge >= 0.3 is 0 Å². The van der Waals surface area contributed by atoms with Crippen molar-refractivity contribution in [3.63, 3.8) is 0 Å². The van der Waals surface area contributed by atoms with Crippen LogP contribution in [0.2, 0.25) is 5.02 Å². The second-order valence-electron chi connectivity index (χ2n) is 7.77. The van der Waals surface area contributed by atoms with Gasteiger partial charge in [-0.15, -0.1) is 0 Å². The van der Waals surface area contributed by atoms with Crippen molar-refractivity contribution < 1.29 is 22.7 Å². The number of anilines is 2. The molecule has 0 bridgehead atoms. The van der Waals surface area contributed by atoms with Gasteiger partial charge in [0.1, 0.15) is 6.54 Å². The third kappa shape index (κ3) is 5.64. The molecular formula is C25H24ClN3O5S. The van der Waals surface area contributed by atoms with Crippen molar-refractivity contribution in [3.05, 3.63) is 89.4 Å². The summed E-state index contributed by atoms with van der Waals surface area (Å²) < 4.78 is 33.2. The minimum atomic E-state index is -4.11. The molecule has 0 saturated carbocycles. The monoisotopic (exact) mass is 513 g/mol. The topological polar surface area (TPSA) is 96.0 Å². The molecule has 35 heavy (non-hydrogen) atoms. The lowest BCUT2D eigenvalue weighted by Gasteiger charge is -2.28. The second-order valence-corrected chi connectivity index (χ2v) is 10.0. The van der Waals surface area contributed by atoms with Crippen LogP contribution in [0.1, 0.15) is 10.4 Å². The fraction of sp³-hybridized carbons (Fsp3) is 0.200. The molecule has 4 rings (SSSR count). The zero-order valence-electron chi connectivity index (χ0n) is 18.8. The lowest BCUT2D eigenvalue weighted by Crippen LogP contribution is -2.41. The molecule has 3 aromatic rings. The van der Waals surface area contributed by atoms with Gasteiger partial charge in [0.25, 0.3) is 15.9 Å². The van der Waals surface area contributed by atoms with Gasteiger partial charge in [0.05, 0.1) is 40.1 Å². The highest BCUT2D eigenvalue weighted by Crippen LogP contribution is 2.30. The minimum absolute atomic E-state index is 0.0237. The Labute approximate surface area is 209 Å². The quantitative estimate of drug-likeness (QED) is 0.520. The van der Waals surface area contributed by atoms with Gasteiger partial charge in [0, 0.05) is 13.1 Å². The highest BCUT2D eigenvalue weighted by Gasteiger charge is 2.29. The van der Waals surface area contributed by atoms with Crippen LogP contribution in [0.15, 0.2) is 83.8 Å². The number of para-hydroxylation sites is 2. The van der Waals surface area contributed by atoms with Gasteiger partial charge in [0.15, 0.2) is 0 Å². The molecule has 1 N–H and O–H groups in total. The van der Waals surface area contributed by atoms with E-state index in [2.05, 4.69) is 5.32 Å². The van der Waals surface area contributed by atoms with Crippen LogP contribution in [0.4, 0.5) is 11.4 Å². The molecule has 1 fully saturated rings. The predicted octanol–water partition coefficient (Wildman–Crippen LogP) is 3.65. The molecule has 10 heteroatoms. The standard InChI is InChI=1S/C25H24ClN3O5S/c26-21-11-5-7-13-23(21)29(35(32,33)19-8-2-1-3-9-19)18-24(30)27-22-12-6-4-10-20(22)25(31)28-14-16-34-17-15-28/h1-13H,14-18H2,(H,27,30). The first-order chi connectivity index (χ1) is 16.9. The molecule has 3 aromatic carbocycles. The summed E-state index contributed by atoms with van der Waals surface area (Å²) in [5.74, 6) is -0.851. The van der Waals surface area contributed by atoms with Gasteiger partial charge < -0.3 is 15.0 Å². The molecule has 0 unspecified atom stereocenters. The molecular weight excluding hydrogens is 490 g/mol. The van der Waals surface area contributed by atoms with Crippen LogP contribution >= 0.6 is 11.6 Å². The Kier molecular flexibility index (Phi) is 7.70. The number of carbonyl (C=O) groups excluding carboxylic acids is 2. The molecule has 2 amide bonds. The van der Waals surface area contributed by atoms with Gasteiger partial charge in [-0.1, -0.05) is 54.1 Å². The van der Waals surface area contributed by atoms with Crippen LogP contribution in [0, 0.1) is 0 Å². The predicted molar refractivity (Wildman–Crippen MR) is 134 cm³/mol. The van der Waals surface area contributed by atoms with Crippen molar-refractivity contribution in [3.8, 4) is 0 Å². The van der Waals surface area contributed by atoms with E-state index in [9.17, 15) is 18.0 Å². The van der Waals surface area contributed by atoms with Crippen molar-refractivity contribution in [1.29, 1.82) is 0 Å². The van der Waals surface area contributed by atoms with Crippen molar-refractivity contribution in [2.24, 2.45) is 0 Å². The Morgan fingerprint density at radius 3 is 2.26 bits per heavy atom. The van der Waals surface area contributed by atoms with Gasteiger partial charge in [-0.05, 0) is 36.4 Å². The summed E-state index contributed by atoms with van der Waals surface area (Å²) >= 11 is 6.31. The maximum atomic E-state index is 13.5. The molecule has 0 radical (unpaired) electrons. The summed E-state index contributed by atoms with van der Waals surface area (Å²) in [6.07, 6.45) is 0. The van der Waals surface area contributed by atoms with E-state index in [1.807, 2.05) is 0 Å². The Morgan fingerprint density at radius 2 is 1.54 bits per heavy atom. The summed E-state index contributed by atoms with van der Waals surface area (Å²) in [6.45, 7) is 1.27. The number of benzene rings is 3. The number of sulfonamides is 1. The number of carbonyl (C=O) groups is 2. The van der Waals surface area contributed by atoms with Crippen molar-refractivity contribution >= 4 is 44.8 Å². The molecule has 8 nitrogen and oxygen atoms in total. The van der Waals surface area contributed by atoms with Crippen molar-refractivity contribution in [2.45, 2.75) is 4.90 Å². The van der Waals surface area contributed by atoms with E-state index < -0.39 is 22.5 Å². The Balaban J connectivity index is 1.62. The third-order valence-corrected chi connectivity index (χ3v) is 7.56. The maximum Gasteiger partial charge on any atom is 0.264 e. The SMILES string of the molecule is O=C(CN(c1ccccc1Cl)S(=O)(=O)c1ccccc1)Nc1ccccc1C(=O)N1CCOCC1. The molecule has 0 atom stereocenters. The van der Waals surface area contributed by atoms with Crippen LogP contribution < -0.4 is 9.62 Å². The zero-order chi connectivity index (χ0) is 24.8. The second kappa shape index (κ2) is 10.9. The Hall–Kier alpha value is -3.40. The van der Waals surface area contributed by atoms with Gasteiger partial charge in [-0.2, -0.15) is 0 Å². The molecule has 1 heterocycles. The van der Waals surface area contributed by atoms with Crippen LogP contribution in [0.25, 0.3) is 0 Å². The number of nitrogens with one attached hydrogen (secondary N) is 1. The van der Waals surface area contributed by atoms with Crippen molar-refractivity contribution in [2.75, 3.05) is 42.5 Å². The first kappa shape index (κ1) is 24.7. The Bertz CT molecular complexity index is 1310. The van der Waals surface area contributed by atoms with Crippen LogP contribution in [0.5, 0.6) is 0 Å². The third-order valence-electron chi connectivity index (χ3n) is 5.47. The average molecular weight is 514 g/mol. The van der Waals surface area contributed by atoms with Gasteiger partial charge in [-0.3, -0.25) is 13.9 Å².